The monoisotopic (exact) mass is 261 g/mol. The molecule has 0 spiro atoms. The molecular weight excluding hydrogens is 242 g/mol. The van der Waals surface area contributed by atoms with E-state index >= 15 is 0 Å². The van der Waals surface area contributed by atoms with Gasteiger partial charge in [0.25, 0.3) is 0 Å². The van der Waals surface area contributed by atoms with Crippen molar-refractivity contribution in [2.45, 2.75) is 26.7 Å². The summed E-state index contributed by atoms with van der Waals surface area (Å²) in [7, 11) is 0. The average Bonchev–Trinajstić information content (AvgIpc) is 3.16. The number of carbonyl (C=O) groups excluding carboxylic acids is 2. The van der Waals surface area contributed by atoms with E-state index in [2.05, 4.69) is 0 Å². The van der Waals surface area contributed by atoms with Crippen molar-refractivity contribution in [1.82, 2.24) is 0 Å². The van der Waals surface area contributed by atoms with Gasteiger partial charge in [-0.25, -0.2) is 0 Å². The van der Waals surface area contributed by atoms with Gasteiger partial charge in [0.05, 0.1) is 5.92 Å². The van der Waals surface area contributed by atoms with Crippen molar-refractivity contribution in [3.63, 3.8) is 0 Å². The lowest BCUT2D eigenvalue weighted by atomic mass is 10.0. The van der Waals surface area contributed by atoms with Gasteiger partial charge in [-0.1, -0.05) is 0 Å². The first-order valence-corrected chi connectivity index (χ1v) is 6.51. The van der Waals surface area contributed by atoms with E-state index in [-0.39, 0.29) is 11.8 Å². The molecule has 19 heavy (non-hydrogen) atoms. The third-order valence-corrected chi connectivity index (χ3v) is 3.58. The van der Waals surface area contributed by atoms with Crippen molar-refractivity contribution in [3.8, 4) is 5.75 Å². The lowest BCUT2D eigenvalue weighted by Crippen LogP contribution is -2.30. The summed E-state index contributed by atoms with van der Waals surface area (Å²) in [5.41, 5.74) is 7.84. The van der Waals surface area contributed by atoms with Crippen LogP contribution in [0.15, 0.2) is 12.1 Å². The molecule has 1 aromatic carbocycles. The summed E-state index contributed by atoms with van der Waals surface area (Å²) >= 11 is 0. The van der Waals surface area contributed by atoms with Gasteiger partial charge >= 0.3 is 0 Å². The zero-order chi connectivity index (χ0) is 14.0. The van der Waals surface area contributed by atoms with Gasteiger partial charge in [-0.05, 0) is 55.9 Å². The smallest absolute Gasteiger partial charge is 0.224 e. The molecule has 1 aliphatic carbocycles. The summed E-state index contributed by atoms with van der Waals surface area (Å²) < 4.78 is 5.78. The van der Waals surface area contributed by atoms with Crippen LogP contribution in [0.2, 0.25) is 0 Å². The maximum absolute atomic E-state index is 11.4. The number of nitrogens with two attached hydrogens (primary N) is 1. The van der Waals surface area contributed by atoms with E-state index in [0.717, 1.165) is 36.0 Å². The Morgan fingerprint density at radius 3 is 2.42 bits per heavy atom. The van der Waals surface area contributed by atoms with Gasteiger partial charge in [-0.2, -0.15) is 0 Å². The second kappa shape index (κ2) is 5.43. The fraction of sp³-hybridized carbons (Fsp3) is 0.467. The minimum Gasteiger partial charge on any atom is -0.492 e. The third-order valence-electron chi connectivity index (χ3n) is 3.58. The first-order chi connectivity index (χ1) is 9.02. The van der Waals surface area contributed by atoms with Crippen molar-refractivity contribution in [2.75, 3.05) is 6.61 Å². The maximum Gasteiger partial charge on any atom is 0.224 e. The molecule has 4 nitrogen and oxygen atoms in total. The number of hydrogen-bond donors (Lipinski definition) is 1. The molecule has 0 aliphatic heterocycles. The van der Waals surface area contributed by atoms with E-state index in [1.807, 2.05) is 13.8 Å². The number of aldehydes is 1. The number of benzene rings is 1. The van der Waals surface area contributed by atoms with Gasteiger partial charge in [0.1, 0.15) is 18.6 Å². The van der Waals surface area contributed by atoms with Crippen LogP contribution in [-0.2, 0) is 4.79 Å². The Bertz CT molecular complexity index is 483. The fourth-order valence-electron chi connectivity index (χ4n) is 2.40. The van der Waals surface area contributed by atoms with Crippen LogP contribution in [0.1, 0.15) is 34.3 Å². The molecule has 1 aliphatic rings. The highest BCUT2D eigenvalue weighted by Crippen LogP contribution is 2.37. The first kappa shape index (κ1) is 13.6. The minimum atomic E-state index is -0.290. The Balaban J connectivity index is 2.10. The lowest BCUT2D eigenvalue weighted by molar-refractivity contribution is -0.123. The molecule has 0 aromatic heterocycles. The fourth-order valence-corrected chi connectivity index (χ4v) is 2.40. The standard InChI is InChI=1S/C15H19NO3/c1-9-5-11(7-17)6-10(2)14(9)19-8-13(15(16)18)12-3-4-12/h5-7,12-13H,3-4,8H2,1-2H3,(H2,16,18). The lowest BCUT2D eigenvalue weighted by Gasteiger charge is -2.17. The minimum absolute atomic E-state index is 0.204. The highest BCUT2D eigenvalue weighted by atomic mass is 16.5. The summed E-state index contributed by atoms with van der Waals surface area (Å²) in [6.07, 6.45) is 2.93. The summed E-state index contributed by atoms with van der Waals surface area (Å²) in [6.45, 7) is 4.11. The van der Waals surface area contributed by atoms with Crippen LogP contribution < -0.4 is 10.5 Å². The number of rotatable bonds is 6. The molecule has 1 atom stereocenters. The Morgan fingerprint density at radius 1 is 1.42 bits per heavy atom. The predicted molar refractivity (Wildman–Crippen MR) is 72.2 cm³/mol. The number of amides is 1. The molecule has 0 radical (unpaired) electrons. The highest BCUT2D eigenvalue weighted by molar-refractivity contribution is 5.78. The molecule has 0 heterocycles. The second-order valence-corrected chi connectivity index (χ2v) is 5.26. The molecule has 1 aromatic rings. The van der Waals surface area contributed by atoms with E-state index in [1.165, 1.54) is 0 Å². The molecule has 1 saturated carbocycles. The maximum atomic E-state index is 11.4. The number of carbonyl (C=O) groups is 2. The second-order valence-electron chi connectivity index (χ2n) is 5.26. The van der Waals surface area contributed by atoms with Gasteiger partial charge in [-0.15, -0.1) is 0 Å². The topological polar surface area (TPSA) is 69.4 Å². The summed E-state index contributed by atoms with van der Waals surface area (Å²) in [4.78, 5) is 22.1. The van der Waals surface area contributed by atoms with Gasteiger partial charge < -0.3 is 10.5 Å². The predicted octanol–water partition coefficient (Wildman–Crippen LogP) is 2.01. The van der Waals surface area contributed by atoms with Crippen molar-refractivity contribution in [3.05, 3.63) is 28.8 Å². The quantitative estimate of drug-likeness (QED) is 0.796. The van der Waals surface area contributed by atoms with Crippen LogP contribution in [0.5, 0.6) is 5.75 Å². The zero-order valence-corrected chi connectivity index (χ0v) is 11.3. The number of primary amides is 1. The van der Waals surface area contributed by atoms with Crippen molar-refractivity contribution < 1.29 is 14.3 Å². The SMILES string of the molecule is Cc1cc(C=O)cc(C)c1OCC(C(N)=O)C1CC1. The molecule has 1 amide bonds. The largest absolute Gasteiger partial charge is 0.492 e. The molecule has 1 fully saturated rings. The van der Waals surface area contributed by atoms with E-state index in [9.17, 15) is 9.59 Å². The Kier molecular flexibility index (Phi) is 3.88. The summed E-state index contributed by atoms with van der Waals surface area (Å²) in [6, 6.07) is 3.57. The molecular formula is C15H19NO3. The van der Waals surface area contributed by atoms with E-state index in [1.54, 1.807) is 12.1 Å². The molecule has 0 saturated heterocycles. The van der Waals surface area contributed by atoms with Crippen molar-refractivity contribution in [1.29, 1.82) is 0 Å². The van der Waals surface area contributed by atoms with E-state index < -0.39 is 0 Å². The molecule has 2 N–H and O–H groups in total. The summed E-state index contributed by atoms with van der Waals surface area (Å²) in [5, 5.41) is 0. The van der Waals surface area contributed by atoms with Crippen LogP contribution in [0.3, 0.4) is 0 Å². The van der Waals surface area contributed by atoms with Crippen LogP contribution in [-0.4, -0.2) is 18.8 Å². The van der Waals surface area contributed by atoms with Crippen LogP contribution in [0.4, 0.5) is 0 Å². The van der Waals surface area contributed by atoms with Crippen LogP contribution >= 0.6 is 0 Å². The molecule has 102 valence electrons. The number of hydrogen-bond acceptors (Lipinski definition) is 3. The first-order valence-electron chi connectivity index (χ1n) is 6.51. The van der Waals surface area contributed by atoms with Gasteiger partial charge in [0, 0.05) is 5.56 Å². The molecule has 1 unspecified atom stereocenters. The van der Waals surface area contributed by atoms with Crippen LogP contribution in [0, 0.1) is 25.7 Å². The third kappa shape index (κ3) is 3.13. The van der Waals surface area contributed by atoms with E-state index in [0.29, 0.717) is 18.1 Å². The molecule has 2 rings (SSSR count). The number of ether oxygens (including phenoxy) is 1. The number of aryl methyl sites for hydroxylation is 2. The average molecular weight is 261 g/mol. The molecule has 4 heteroatoms. The normalized spacial score (nSPS) is 15.9. The van der Waals surface area contributed by atoms with Gasteiger partial charge in [0.15, 0.2) is 0 Å². The van der Waals surface area contributed by atoms with E-state index in [4.69, 9.17) is 10.5 Å². The Morgan fingerprint density at radius 2 is 2.00 bits per heavy atom. The van der Waals surface area contributed by atoms with Crippen molar-refractivity contribution in [2.24, 2.45) is 17.6 Å². The zero-order valence-electron chi connectivity index (χ0n) is 11.3. The summed E-state index contributed by atoms with van der Waals surface area (Å²) in [5.74, 6) is 0.636. The van der Waals surface area contributed by atoms with Gasteiger partial charge in [-0.3, -0.25) is 9.59 Å². The van der Waals surface area contributed by atoms with Gasteiger partial charge in [0.2, 0.25) is 5.91 Å². The highest BCUT2D eigenvalue weighted by Gasteiger charge is 2.35. The Hall–Kier alpha value is -1.84. The Labute approximate surface area is 112 Å². The van der Waals surface area contributed by atoms with Crippen molar-refractivity contribution >= 4 is 12.2 Å². The molecule has 0 bridgehead atoms. The van der Waals surface area contributed by atoms with Crippen LogP contribution in [0.25, 0.3) is 0 Å².